The summed E-state index contributed by atoms with van der Waals surface area (Å²) in [5, 5.41) is 1.14. The summed E-state index contributed by atoms with van der Waals surface area (Å²) < 4.78 is 11.1. The van der Waals surface area contributed by atoms with Gasteiger partial charge in [-0.2, -0.15) is 0 Å². The molecule has 0 amide bonds. The Morgan fingerprint density at radius 3 is 2.79 bits per heavy atom. The Balaban J connectivity index is 1.75. The molecular formula is C14H17Cl2NO2. The molecule has 1 aliphatic heterocycles. The van der Waals surface area contributed by atoms with Gasteiger partial charge in [0.15, 0.2) is 5.90 Å². The molecule has 0 atom stereocenters. The maximum Gasteiger partial charge on any atom is 0.184 e. The lowest BCUT2D eigenvalue weighted by molar-refractivity contribution is 0.267. The lowest BCUT2D eigenvalue weighted by Gasteiger charge is -2.08. The van der Waals surface area contributed by atoms with Crippen molar-refractivity contribution in [3.8, 4) is 5.75 Å². The molecule has 0 fully saturated rings. The van der Waals surface area contributed by atoms with Crippen LogP contribution in [0, 0.1) is 0 Å². The number of hydrogen-bond donors (Lipinski definition) is 0. The van der Waals surface area contributed by atoms with Crippen molar-refractivity contribution in [1.82, 2.24) is 0 Å². The van der Waals surface area contributed by atoms with E-state index in [4.69, 9.17) is 32.7 Å². The number of nitrogens with zero attached hydrogens (tertiary/aromatic N) is 1. The van der Waals surface area contributed by atoms with Crippen LogP contribution in [0.1, 0.15) is 26.7 Å². The first-order valence-electron chi connectivity index (χ1n) is 6.26. The first-order chi connectivity index (χ1) is 8.96. The molecule has 104 valence electrons. The molecule has 1 aromatic carbocycles. The smallest absolute Gasteiger partial charge is 0.184 e. The predicted octanol–water partition coefficient (Wildman–Crippen LogP) is 4.36. The molecule has 0 spiro atoms. The van der Waals surface area contributed by atoms with Crippen molar-refractivity contribution in [2.45, 2.75) is 32.2 Å². The molecule has 19 heavy (non-hydrogen) atoms. The van der Waals surface area contributed by atoms with Crippen molar-refractivity contribution in [2.24, 2.45) is 4.99 Å². The highest BCUT2D eigenvalue weighted by Gasteiger charge is 2.25. The van der Waals surface area contributed by atoms with Crippen molar-refractivity contribution in [1.29, 1.82) is 0 Å². The van der Waals surface area contributed by atoms with Gasteiger partial charge in [0.05, 0.1) is 17.2 Å². The summed E-state index contributed by atoms with van der Waals surface area (Å²) in [6.07, 6.45) is 1.63. The third-order valence-electron chi connectivity index (χ3n) is 2.71. The molecule has 2 rings (SSSR count). The minimum atomic E-state index is -0.0876. The number of halogens is 2. The molecule has 1 aliphatic rings. The van der Waals surface area contributed by atoms with E-state index in [2.05, 4.69) is 18.8 Å². The second-order valence-corrected chi connectivity index (χ2v) is 5.98. The van der Waals surface area contributed by atoms with Crippen LogP contribution in [0.3, 0.4) is 0 Å². The fourth-order valence-electron chi connectivity index (χ4n) is 1.79. The SMILES string of the molecule is CC1(C)COC(CCCOc2ccc(Cl)cc2Cl)=N1. The van der Waals surface area contributed by atoms with Crippen molar-refractivity contribution < 1.29 is 9.47 Å². The monoisotopic (exact) mass is 301 g/mol. The summed E-state index contributed by atoms with van der Waals surface area (Å²) in [7, 11) is 0. The summed E-state index contributed by atoms with van der Waals surface area (Å²) in [6, 6.07) is 5.21. The minimum absolute atomic E-state index is 0.0876. The van der Waals surface area contributed by atoms with Crippen LogP contribution in [0.5, 0.6) is 5.75 Å². The van der Waals surface area contributed by atoms with E-state index < -0.39 is 0 Å². The Morgan fingerprint density at radius 2 is 2.16 bits per heavy atom. The number of aliphatic imine (C=N–C) groups is 1. The van der Waals surface area contributed by atoms with E-state index in [1.807, 2.05) is 0 Å². The standard InChI is InChI=1S/C14H17Cl2NO2/c1-14(2)9-19-13(17-14)4-3-7-18-12-6-5-10(15)8-11(12)16/h5-6,8H,3-4,7,9H2,1-2H3. The van der Waals surface area contributed by atoms with Crippen molar-refractivity contribution in [3.63, 3.8) is 0 Å². The molecule has 0 unspecified atom stereocenters. The number of ether oxygens (including phenoxy) is 2. The van der Waals surface area contributed by atoms with Gasteiger partial charge in [0.2, 0.25) is 0 Å². The molecule has 0 radical (unpaired) electrons. The normalized spacial score (nSPS) is 16.9. The largest absolute Gasteiger partial charge is 0.492 e. The molecule has 0 saturated carbocycles. The number of hydrogen-bond acceptors (Lipinski definition) is 3. The quantitative estimate of drug-likeness (QED) is 0.757. The van der Waals surface area contributed by atoms with Gasteiger partial charge >= 0.3 is 0 Å². The topological polar surface area (TPSA) is 30.8 Å². The molecule has 0 bridgehead atoms. The zero-order valence-electron chi connectivity index (χ0n) is 11.1. The maximum absolute atomic E-state index is 6.02. The van der Waals surface area contributed by atoms with Crippen molar-refractivity contribution in [2.75, 3.05) is 13.2 Å². The second kappa shape index (κ2) is 6.02. The molecule has 0 aromatic heterocycles. The first kappa shape index (κ1) is 14.5. The van der Waals surface area contributed by atoms with Gasteiger partial charge in [-0.05, 0) is 38.5 Å². The van der Waals surface area contributed by atoms with Crippen molar-refractivity contribution >= 4 is 29.1 Å². The van der Waals surface area contributed by atoms with Crippen LogP contribution in [0.15, 0.2) is 23.2 Å². The lowest BCUT2D eigenvalue weighted by atomic mass is 10.1. The van der Waals surface area contributed by atoms with Gasteiger partial charge in [-0.1, -0.05) is 23.2 Å². The van der Waals surface area contributed by atoms with Gasteiger partial charge in [-0.25, -0.2) is 4.99 Å². The maximum atomic E-state index is 6.02. The summed E-state index contributed by atoms with van der Waals surface area (Å²) in [5.41, 5.74) is -0.0876. The molecule has 0 N–H and O–H groups in total. The van der Waals surface area contributed by atoms with E-state index in [0.29, 0.717) is 29.0 Å². The van der Waals surface area contributed by atoms with Crippen LogP contribution >= 0.6 is 23.2 Å². The highest BCUT2D eigenvalue weighted by Crippen LogP contribution is 2.27. The van der Waals surface area contributed by atoms with Crippen LogP contribution in [0.25, 0.3) is 0 Å². The van der Waals surface area contributed by atoms with Crippen LogP contribution in [-0.2, 0) is 4.74 Å². The summed E-state index contributed by atoms with van der Waals surface area (Å²) >= 11 is 11.8. The van der Waals surface area contributed by atoms with Gasteiger partial charge in [0.1, 0.15) is 12.4 Å². The average molecular weight is 302 g/mol. The van der Waals surface area contributed by atoms with Crippen LogP contribution in [0.4, 0.5) is 0 Å². The Labute approximate surface area is 123 Å². The third kappa shape index (κ3) is 4.29. The van der Waals surface area contributed by atoms with E-state index in [1.54, 1.807) is 18.2 Å². The molecule has 0 saturated heterocycles. The fourth-order valence-corrected chi connectivity index (χ4v) is 2.25. The van der Waals surface area contributed by atoms with Crippen LogP contribution in [-0.4, -0.2) is 24.7 Å². The van der Waals surface area contributed by atoms with Crippen LogP contribution < -0.4 is 4.74 Å². The Hall–Kier alpha value is -0.930. The van der Waals surface area contributed by atoms with Gasteiger partial charge < -0.3 is 9.47 Å². The van der Waals surface area contributed by atoms with Gasteiger partial charge in [-0.3, -0.25) is 0 Å². The van der Waals surface area contributed by atoms with Gasteiger partial charge in [0.25, 0.3) is 0 Å². The van der Waals surface area contributed by atoms with E-state index >= 15 is 0 Å². The van der Waals surface area contributed by atoms with E-state index in [1.165, 1.54) is 0 Å². The number of rotatable bonds is 5. The summed E-state index contributed by atoms with van der Waals surface area (Å²) in [6.45, 7) is 5.35. The highest BCUT2D eigenvalue weighted by molar-refractivity contribution is 6.35. The second-order valence-electron chi connectivity index (χ2n) is 5.13. The summed E-state index contributed by atoms with van der Waals surface area (Å²) in [5.74, 6) is 1.47. The van der Waals surface area contributed by atoms with Crippen LogP contribution in [0.2, 0.25) is 10.0 Å². The lowest BCUT2D eigenvalue weighted by Crippen LogP contribution is -2.17. The summed E-state index contributed by atoms with van der Waals surface area (Å²) in [4.78, 5) is 4.49. The molecule has 0 aliphatic carbocycles. The van der Waals surface area contributed by atoms with Gasteiger partial charge in [0, 0.05) is 11.4 Å². The van der Waals surface area contributed by atoms with Gasteiger partial charge in [-0.15, -0.1) is 0 Å². The first-order valence-corrected chi connectivity index (χ1v) is 7.01. The zero-order chi connectivity index (χ0) is 13.9. The molecule has 5 heteroatoms. The highest BCUT2D eigenvalue weighted by atomic mass is 35.5. The van der Waals surface area contributed by atoms with E-state index in [9.17, 15) is 0 Å². The zero-order valence-corrected chi connectivity index (χ0v) is 12.6. The Bertz CT molecular complexity index is 486. The molecular weight excluding hydrogens is 285 g/mol. The Kier molecular flexibility index (Phi) is 4.58. The molecule has 1 heterocycles. The molecule has 1 aromatic rings. The van der Waals surface area contributed by atoms with E-state index in [-0.39, 0.29) is 5.54 Å². The third-order valence-corrected chi connectivity index (χ3v) is 3.24. The fraction of sp³-hybridized carbons (Fsp3) is 0.500. The average Bonchev–Trinajstić information content (AvgIpc) is 2.67. The van der Waals surface area contributed by atoms with Crippen molar-refractivity contribution in [3.05, 3.63) is 28.2 Å². The minimum Gasteiger partial charge on any atom is -0.492 e. The Morgan fingerprint density at radius 1 is 1.37 bits per heavy atom. The molecule has 3 nitrogen and oxygen atoms in total. The van der Waals surface area contributed by atoms with E-state index in [0.717, 1.165) is 18.7 Å². The number of benzene rings is 1. The predicted molar refractivity (Wildman–Crippen MR) is 78.7 cm³/mol.